The number of nitro benzene ring substituents is 2. The van der Waals surface area contributed by atoms with Gasteiger partial charge in [0, 0.05) is 27.8 Å². The number of nitrogens with zero attached hydrogens (tertiary/aromatic N) is 2. The molecule has 36 heavy (non-hydrogen) atoms. The summed E-state index contributed by atoms with van der Waals surface area (Å²) in [5.41, 5.74) is 2.47. The maximum atomic E-state index is 11.7. The molecule has 0 saturated heterocycles. The standard InChI is InChI=1S/C25H21BrClN3O5S/c1-35-19-11-15(29(31)32)10-16-22-17(24(28-25(16)19)13-6-8-14(26)9-7-13)12-21(23(22)27)36-20-5-3-2-4-18(20)30(33)34/h2-11,17,21-24,28H,12H2,1H3. The van der Waals surface area contributed by atoms with Crippen molar-refractivity contribution >= 4 is 56.4 Å². The van der Waals surface area contributed by atoms with Crippen LogP contribution in [-0.4, -0.2) is 27.6 Å². The molecule has 186 valence electrons. The molecule has 5 unspecified atom stereocenters. The lowest BCUT2D eigenvalue weighted by molar-refractivity contribution is -0.387. The number of hydrogen-bond donors (Lipinski definition) is 1. The minimum atomic E-state index is -0.434. The number of ether oxygens (including phenoxy) is 1. The lowest BCUT2D eigenvalue weighted by Gasteiger charge is -2.38. The number of alkyl halides is 1. The number of halogens is 2. The first-order valence-corrected chi connectivity index (χ1v) is 13.3. The molecule has 1 heterocycles. The van der Waals surface area contributed by atoms with Gasteiger partial charge in [0.25, 0.3) is 11.4 Å². The van der Waals surface area contributed by atoms with Crippen LogP contribution >= 0.6 is 39.3 Å². The van der Waals surface area contributed by atoms with E-state index in [0.717, 1.165) is 15.6 Å². The van der Waals surface area contributed by atoms with Gasteiger partial charge in [-0.05, 0) is 41.7 Å². The van der Waals surface area contributed by atoms with Gasteiger partial charge in [0.1, 0.15) is 5.75 Å². The van der Waals surface area contributed by atoms with Crippen LogP contribution in [0.15, 0.2) is 70.0 Å². The van der Waals surface area contributed by atoms with Crippen molar-refractivity contribution in [2.45, 2.75) is 33.9 Å². The predicted octanol–water partition coefficient (Wildman–Crippen LogP) is 7.31. The summed E-state index contributed by atoms with van der Waals surface area (Å²) in [6.45, 7) is 0. The van der Waals surface area contributed by atoms with E-state index in [1.54, 1.807) is 24.3 Å². The number of thioether (sulfide) groups is 1. The first-order valence-electron chi connectivity index (χ1n) is 11.2. The molecule has 0 spiro atoms. The number of rotatable bonds is 6. The molecule has 1 N–H and O–H groups in total. The molecule has 11 heteroatoms. The first-order chi connectivity index (χ1) is 17.3. The van der Waals surface area contributed by atoms with E-state index in [2.05, 4.69) is 21.2 Å². The van der Waals surface area contributed by atoms with Gasteiger partial charge in [0.05, 0.1) is 45.0 Å². The molecule has 2 aliphatic rings. The van der Waals surface area contributed by atoms with Gasteiger partial charge in [-0.15, -0.1) is 23.4 Å². The predicted molar refractivity (Wildman–Crippen MR) is 143 cm³/mol. The smallest absolute Gasteiger partial charge is 0.282 e. The number of non-ortho nitro benzene ring substituents is 1. The summed E-state index contributed by atoms with van der Waals surface area (Å²) in [6, 6.07) is 17.5. The van der Waals surface area contributed by atoms with Crippen molar-refractivity contribution in [3.8, 4) is 5.75 Å². The average molecular weight is 591 g/mol. The van der Waals surface area contributed by atoms with Crippen molar-refractivity contribution in [2.24, 2.45) is 5.92 Å². The summed E-state index contributed by atoms with van der Waals surface area (Å²) in [5, 5.41) is 26.3. The van der Waals surface area contributed by atoms with Crippen LogP contribution in [0.2, 0.25) is 0 Å². The molecule has 0 aromatic heterocycles. The van der Waals surface area contributed by atoms with Gasteiger partial charge in [-0.3, -0.25) is 20.2 Å². The lowest BCUT2D eigenvalue weighted by Crippen LogP contribution is -2.31. The third-order valence-corrected chi connectivity index (χ3v) is 9.51. The Morgan fingerprint density at radius 3 is 2.47 bits per heavy atom. The van der Waals surface area contributed by atoms with E-state index in [-0.39, 0.29) is 39.4 Å². The zero-order valence-corrected chi connectivity index (χ0v) is 22.1. The van der Waals surface area contributed by atoms with E-state index in [9.17, 15) is 20.2 Å². The van der Waals surface area contributed by atoms with Crippen LogP contribution in [0.3, 0.4) is 0 Å². The van der Waals surface area contributed by atoms with Crippen molar-refractivity contribution in [1.82, 2.24) is 0 Å². The fraction of sp³-hybridized carbons (Fsp3) is 0.280. The fourth-order valence-corrected chi connectivity index (χ4v) is 7.52. The van der Waals surface area contributed by atoms with E-state index in [1.807, 2.05) is 24.3 Å². The number of hydrogen-bond acceptors (Lipinski definition) is 7. The molecule has 5 rings (SSSR count). The molecule has 1 aliphatic carbocycles. The van der Waals surface area contributed by atoms with E-state index in [4.69, 9.17) is 16.3 Å². The molecule has 3 aromatic rings. The summed E-state index contributed by atoms with van der Waals surface area (Å²) in [7, 11) is 1.49. The van der Waals surface area contributed by atoms with Crippen molar-refractivity contribution in [3.05, 3.63) is 96.5 Å². The van der Waals surface area contributed by atoms with Gasteiger partial charge < -0.3 is 10.1 Å². The van der Waals surface area contributed by atoms with Crippen LogP contribution in [0.4, 0.5) is 17.1 Å². The minimum Gasteiger partial charge on any atom is -0.494 e. The van der Waals surface area contributed by atoms with Crippen LogP contribution in [-0.2, 0) is 0 Å². The minimum absolute atomic E-state index is 0.00755. The molecule has 3 aromatic carbocycles. The fourth-order valence-electron chi connectivity index (χ4n) is 5.31. The first kappa shape index (κ1) is 24.9. The maximum absolute atomic E-state index is 11.7. The highest BCUT2D eigenvalue weighted by atomic mass is 79.9. The topological polar surface area (TPSA) is 108 Å². The second-order valence-electron chi connectivity index (χ2n) is 8.79. The Balaban J connectivity index is 1.60. The number of benzene rings is 3. The Bertz CT molecular complexity index is 1340. The third kappa shape index (κ3) is 4.42. The van der Waals surface area contributed by atoms with Gasteiger partial charge in [-0.1, -0.05) is 40.2 Å². The lowest BCUT2D eigenvalue weighted by atomic mass is 9.77. The summed E-state index contributed by atoms with van der Waals surface area (Å²) in [6.07, 6.45) is 0.674. The molecule has 1 aliphatic heterocycles. The van der Waals surface area contributed by atoms with Gasteiger partial charge in [-0.25, -0.2) is 0 Å². The second kappa shape index (κ2) is 9.91. The third-order valence-electron chi connectivity index (χ3n) is 6.87. The maximum Gasteiger partial charge on any atom is 0.282 e. The van der Waals surface area contributed by atoms with Crippen LogP contribution < -0.4 is 10.1 Å². The Morgan fingerprint density at radius 1 is 1.08 bits per heavy atom. The summed E-state index contributed by atoms with van der Waals surface area (Å²) in [4.78, 5) is 23.0. The molecule has 1 saturated carbocycles. The summed E-state index contributed by atoms with van der Waals surface area (Å²) >= 11 is 12.0. The average Bonchev–Trinajstić information content (AvgIpc) is 3.19. The highest BCUT2D eigenvalue weighted by Crippen LogP contribution is 2.60. The van der Waals surface area contributed by atoms with E-state index >= 15 is 0 Å². The zero-order valence-electron chi connectivity index (χ0n) is 19.0. The quantitative estimate of drug-likeness (QED) is 0.182. The number of para-hydroxylation sites is 1. The van der Waals surface area contributed by atoms with Crippen molar-refractivity contribution in [1.29, 1.82) is 0 Å². The summed E-state index contributed by atoms with van der Waals surface area (Å²) in [5.74, 6) is 0.178. The van der Waals surface area contributed by atoms with Crippen LogP contribution in [0.1, 0.15) is 29.5 Å². The molecule has 0 amide bonds. The van der Waals surface area contributed by atoms with Crippen LogP contribution in [0, 0.1) is 26.1 Å². The van der Waals surface area contributed by atoms with E-state index < -0.39 is 10.3 Å². The Kier molecular flexibility index (Phi) is 6.84. The molecular weight excluding hydrogens is 570 g/mol. The Labute approximate surface area is 224 Å². The normalized spacial score (nSPS) is 24.4. The highest BCUT2D eigenvalue weighted by molar-refractivity contribution is 9.10. The van der Waals surface area contributed by atoms with E-state index in [0.29, 0.717) is 22.8 Å². The molecule has 8 nitrogen and oxygen atoms in total. The SMILES string of the molecule is COc1cc([N+](=O)[O-])cc2c1NC(c1ccc(Br)cc1)C1CC(Sc3ccccc3[N+](=O)[O-])C(Cl)C21. The number of nitro groups is 2. The van der Waals surface area contributed by atoms with Crippen LogP contribution in [0.25, 0.3) is 0 Å². The monoisotopic (exact) mass is 589 g/mol. The highest BCUT2D eigenvalue weighted by Gasteiger charge is 2.51. The van der Waals surface area contributed by atoms with Crippen molar-refractivity contribution in [2.75, 3.05) is 12.4 Å². The molecule has 1 fully saturated rings. The number of methoxy groups -OCH3 is 1. The van der Waals surface area contributed by atoms with Gasteiger partial charge in [0.2, 0.25) is 0 Å². The van der Waals surface area contributed by atoms with Crippen LogP contribution in [0.5, 0.6) is 5.75 Å². The molecule has 0 bridgehead atoms. The summed E-state index contributed by atoms with van der Waals surface area (Å²) < 4.78 is 6.51. The van der Waals surface area contributed by atoms with Gasteiger partial charge >= 0.3 is 0 Å². The molecule has 5 atom stereocenters. The van der Waals surface area contributed by atoms with Crippen molar-refractivity contribution < 1.29 is 14.6 Å². The number of fused-ring (bicyclic) bond motifs is 3. The number of nitrogens with one attached hydrogen (secondary N) is 1. The number of anilines is 1. The Morgan fingerprint density at radius 2 is 1.81 bits per heavy atom. The van der Waals surface area contributed by atoms with E-state index in [1.165, 1.54) is 31.0 Å². The van der Waals surface area contributed by atoms with Gasteiger partial charge in [0.15, 0.2) is 0 Å². The molecular formula is C25H21BrClN3O5S. The Hall–Kier alpha value is -2.82. The largest absolute Gasteiger partial charge is 0.494 e. The second-order valence-corrected chi connectivity index (χ2v) is 11.5. The molecule has 0 radical (unpaired) electrons. The van der Waals surface area contributed by atoms with Crippen molar-refractivity contribution in [3.63, 3.8) is 0 Å². The van der Waals surface area contributed by atoms with Gasteiger partial charge in [-0.2, -0.15) is 0 Å². The zero-order chi connectivity index (χ0) is 25.6.